The van der Waals surface area contributed by atoms with Crippen LogP contribution in [0.4, 0.5) is 0 Å². The average molecular weight is 1130 g/mol. The fourth-order valence-electron chi connectivity index (χ4n) is 8.58. The number of allylic oxidation sites excluding steroid dienone is 28. The molecule has 0 aromatic heterocycles. The van der Waals surface area contributed by atoms with E-state index in [0.29, 0.717) is 12.8 Å². The Morgan fingerprint density at radius 1 is 0.256 bits per heavy atom. The van der Waals surface area contributed by atoms with Crippen molar-refractivity contribution in [1.29, 1.82) is 0 Å². The number of rotatable bonds is 58. The maximum absolute atomic E-state index is 12.8. The second-order valence-electron chi connectivity index (χ2n) is 21.3. The molecule has 6 nitrogen and oxygen atoms in total. The van der Waals surface area contributed by atoms with Gasteiger partial charge in [0.25, 0.3) is 0 Å². The van der Waals surface area contributed by atoms with Crippen molar-refractivity contribution in [2.45, 2.75) is 277 Å². The Labute approximate surface area is 504 Å². The molecule has 82 heavy (non-hydrogen) atoms. The van der Waals surface area contributed by atoms with Gasteiger partial charge in [-0.25, -0.2) is 0 Å². The second-order valence-corrected chi connectivity index (χ2v) is 21.3. The minimum Gasteiger partial charge on any atom is -0.462 e. The molecular weight excluding hydrogens is 1010 g/mol. The molecule has 0 N–H and O–H groups in total. The van der Waals surface area contributed by atoms with Crippen LogP contribution in [0, 0.1) is 0 Å². The van der Waals surface area contributed by atoms with Crippen LogP contribution in [0.1, 0.15) is 271 Å². The van der Waals surface area contributed by atoms with E-state index in [4.69, 9.17) is 14.2 Å². The highest BCUT2D eigenvalue weighted by molar-refractivity contribution is 5.71. The van der Waals surface area contributed by atoms with Gasteiger partial charge in [-0.3, -0.25) is 14.4 Å². The fraction of sp³-hybridized carbons (Fsp3) is 0.592. The molecule has 0 aromatic carbocycles. The lowest BCUT2D eigenvalue weighted by Gasteiger charge is -2.18. The molecule has 0 aliphatic heterocycles. The van der Waals surface area contributed by atoms with Crippen molar-refractivity contribution in [2.24, 2.45) is 0 Å². The zero-order valence-electron chi connectivity index (χ0n) is 52.7. The number of ether oxygens (including phenoxy) is 3. The quantitative estimate of drug-likeness (QED) is 0.0261. The Morgan fingerprint density at radius 2 is 0.476 bits per heavy atom. The highest BCUT2D eigenvalue weighted by Gasteiger charge is 2.19. The standard InChI is InChI=1S/C76H120O6/c1-4-7-10-13-16-18-20-22-24-26-28-30-32-34-35-36-37-38-39-40-41-43-44-46-48-50-52-54-56-58-60-63-66-69-75(78)81-72-73(71-80-74(77)68-65-62-15-12-9-6-3)82-76(79)70-67-64-61-59-57-55-53-51-49-47-45-42-33-31-29-27-25-23-21-19-17-14-11-8-5-2/h7-8,10-11,16-19,22-25,28-31,34-35,37-38,40-42,45,49,51,55,57,73H,4-6,9,12-15,20-21,26-27,32-33,36,39,43-44,46-48,50,52-54,56,58-72H2,1-3H3/b10-7-,11-8-,18-16-,19-17-,24-22-,25-23-,30-28-,31-29-,35-34-,38-37-,41-40-,45-42-,51-49-,57-55-. The maximum atomic E-state index is 12.8. The van der Waals surface area contributed by atoms with Gasteiger partial charge in [0.05, 0.1) is 0 Å². The molecule has 0 saturated carbocycles. The Bertz CT molecular complexity index is 1870. The molecule has 6 heteroatoms. The molecule has 0 amide bonds. The van der Waals surface area contributed by atoms with Crippen molar-refractivity contribution >= 4 is 17.9 Å². The highest BCUT2D eigenvalue weighted by Crippen LogP contribution is 2.15. The molecule has 1 unspecified atom stereocenters. The van der Waals surface area contributed by atoms with E-state index >= 15 is 0 Å². The summed E-state index contributed by atoms with van der Waals surface area (Å²) in [5, 5.41) is 0. The summed E-state index contributed by atoms with van der Waals surface area (Å²) >= 11 is 0. The van der Waals surface area contributed by atoms with Gasteiger partial charge in [0, 0.05) is 19.3 Å². The Morgan fingerprint density at radius 3 is 0.756 bits per heavy atom. The van der Waals surface area contributed by atoms with Gasteiger partial charge in [-0.2, -0.15) is 0 Å². The third kappa shape index (κ3) is 65.6. The molecule has 0 bridgehead atoms. The molecule has 1 atom stereocenters. The molecule has 0 aliphatic rings. The molecule has 0 fully saturated rings. The molecule has 0 saturated heterocycles. The van der Waals surface area contributed by atoms with Crippen LogP contribution in [0.3, 0.4) is 0 Å². The summed E-state index contributed by atoms with van der Waals surface area (Å²) in [5.74, 6) is -0.949. The lowest BCUT2D eigenvalue weighted by atomic mass is 10.0. The molecular formula is C76H120O6. The van der Waals surface area contributed by atoms with Gasteiger partial charge in [0.15, 0.2) is 6.10 Å². The third-order valence-corrected chi connectivity index (χ3v) is 13.5. The van der Waals surface area contributed by atoms with Crippen molar-refractivity contribution in [3.63, 3.8) is 0 Å². The largest absolute Gasteiger partial charge is 0.462 e. The van der Waals surface area contributed by atoms with E-state index in [-0.39, 0.29) is 37.5 Å². The summed E-state index contributed by atoms with van der Waals surface area (Å²) in [6, 6.07) is 0. The number of hydrogen-bond donors (Lipinski definition) is 0. The van der Waals surface area contributed by atoms with Crippen LogP contribution >= 0.6 is 0 Å². The van der Waals surface area contributed by atoms with E-state index in [2.05, 4.69) is 191 Å². The van der Waals surface area contributed by atoms with Crippen LogP contribution in [-0.2, 0) is 28.6 Å². The maximum Gasteiger partial charge on any atom is 0.306 e. The van der Waals surface area contributed by atoms with Crippen LogP contribution in [0.25, 0.3) is 0 Å². The van der Waals surface area contributed by atoms with E-state index < -0.39 is 6.10 Å². The lowest BCUT2D eigenvalue weighted by Crippen LogP contribution is -2.30. The highest BCUT2D eigenvalue weighted by atomic mass is 16.6. The predicted molar refractivity (Wildman–Crippen MR) is 357 cm³/mol. The van der Waals surface area contributed by atoms with E-state index in [9.17, 15) is 14.4 Å². The minimum atomic E-state index is -0.802. The molecule has 0 aromatic rings. The van der Waals surface area contributed by atoms with Crippen LogP contribution in [0.15, 0.2) is 170 Å². The van der Waals surface area contributed by atoms with Crippen molar-refractivity contribution in [3.05, 3.63) is 170 Å². The topological polar surface area (TPSA) is 78.9 Å². The van der Waals surface area contributed by atoms with E-state index in [0.717, 1.165) is 154 Å². The molecule has 0 aliphatic carbocycles. The Balaban J connectivity index is 4.17. The minimum absolute atomic E-state index is 0.0983. The number of carbonyl (C=O) groups is 3. The van der Waals surface area contributed by atoms with Gasteiger partial charge in [-0.05, 0) is 135 Å². The first-order valence-corrected chi connectivity index (χ1v) is 33.1. The molecule has 0 spiro atoms. The number of carbonyl (C=O) groups excluding carboxylic acids is 3. The fourth-order valence-corrected chi connectivity index (χ4v) is 8.58. The van der Waals surface area contributed by atoms with E-state index in [1.165, 1.54) is 77.0 Å². The summed E-state index contributed by atoms with van der Waals surface area (Å²) in [5.41, 5.74) is 0. The predicted octanol–water partition coefficient (Wildman–Crippen LogP) is 23.0. The normalized spacial score (nSPS) is 13.3. The van der Waals surface area contributed by atoms with Gasteiger partial charge in [0.2, 0.25) is 0 Å². The molecule has 0 radical (unpaired) electrons. The van der Waals surface area contributed by atoms with Crippen LogP contribution in [0.2, 0.25) is 0 Å². The summed E-state index contributed by atoms with van der Waals surface area (Å²) in [6.07, 6.45) is 101. The van der Waals surface area contributed by atoms with Crippen LogP contribution in [-0.4, -0.2) is 37.2 Å². The zero-order chi connectivity index (χ0) is 59.2. The van der Waals surface area contributed by atoms with Crippen molar-refractivity contribution in [3.8, 4) is 0 Å². The van der Waals surface area contributed by atoms with Crippen molar-refractivity contribution in [2.75, 3.05) is 13.2 Å². The average Bonchev–Trinajstić information content (AvgIpc) is 3.47. The van der Waals surface area contributed by atoms with Crippen molar-refractivity contribution in [1.82, 2.24) is 0 Å². The third-order valence-electron chi connectivity index (χ3n) is 13.5. The van der Waals surface area contributed by atoms with Gasteiger partial charge in [-0.15, -0.1) is 0 Å². The Hall–Kier alpha value is -5.23. The molecule has 460 valence electrons. The number of hydrogen-bond acceptors (Lipinski definition) is 6. The summed E-state index contributed by atoms with van der Waals surface area (Å²) in [4.78, 5) is 38.0. The smallest absolute Gasteiger partial charge is 0.306 e. The van der Waals surface area contributed by atoms with Gasteiger partial charge in [0.1, 0.15) is 13.2 Å². The first-order chi connectivity index (χ1) is 40.5. The SMILES string of the molecule is CC/C=C\C/C=C\C/C=C\C/C=C\C/C=C\C/C=C\C/C=C\CCCCCCCCCCCCCC(=O)OCC(COC(=O)CCCCCCCC)OC(=O)CCCCC/C=C\C/C=C\C/C=C\C/C=C\C/C=C\C/C=C\C/C=C\CC. The van der Waals surface area contributed by atoms with Crippen LogP contribution < -0.4 is 0 Å². The van der Waals surface area contributed by atoms with Gasteiger partial charge >= 0.3 is 17.9 Å². The first kappa shape index (κ1) is 76.8. The lowest BCUT2D eigenvalue weighted by molar-refractivity contribution is -0.167. The molecule has 0 heterocycles. The summed E-state index contributed by atoms with van der Waals surface area (Å²) in [7, 11) is 0. The van der Waals surface area contributed by atoms with Crippen molar-refractivity contribution < 1.29 is 28.6 Å². The Kier molecular flexibility index (Phi) is 63.9. The number of esters is 3. The van der Waals surface area contributed by atoms with E-state index in [1.54, 1.807) is 0 Å². The number of unbranched alkanes of at least 4 members (excludes halogenated alkanes) is 19. The summed E-state index contributed by atoms with van der Waals surface area (Å²) in [6.45, 7) is 6.31. The zero-order valence-corrected chi connectivity index (χ0v) is 52.7. The van der Waals surface area contributed by atoms with E-state index in [1.807, 2.05) is 0 Å². The van der Waals surface area contributed by atoms with Gasteiger partial charge < -0.3 is 14.2 Å². The second kappa shape index (κ2) is 68.3. The summed E-state index contributed by atoms with van der Waals surface area (Å²) < 4.78 is 16.8. The molecule has 0 rings (SSSR count). The van der Waals surface area contributed by atoms with Gasteiger partial charge in [-0.1, -0.05) is 287 Å². The first-order valence-electron chi connectivity index (χ1n) is 33.1. The monoisotopic (exact) mass is 1130 g/mol. The van der Waals surface area contributed by atoms with Crippen LogP contribution in [0.5, 0.6) is 0 Å².